The molecule has 2 rings (SSSR count). The van der Waals surface area contributed by atoms with E-state index in [1.54, 1.807) is 12.1 Å². The molecular formula is C12H13NO2. The highest BCUT2D eigenvalue weighted by molar-refractivity contribution is 6.04. The Bertz CT molecular complexity index is 526. The average molecular weight is 203 g/mol. The Morgan fingerprint density at radius 1 is 1.47 bits per heavy atom. The van der Waals surface area contributed by atoms with Crippen LogP contribution in [0.1, 0.15) is 28.5 Å². The van der Waals surface area contributed by atoms with E-state index >= 15 is 0 Å². The topological polar surface area (TPSA) is 53.1 Å². The van der Waals surface area contributed by atoms with Crippen molar-refractivity contribution in [1.82, 2.24) is 4.98 Å². The molecule has 3 heteroatoms. The minimum atomic E-state index is -0.866. The molecule has 78 valence electrons. The first-order valence-corrected chi connectivity index (χ1v) is 4.98. The number of fused-ring (bicyclic) bond motifs is 1. The molecule has 1 heterocycles. The van der Waals surface area contributed by atoms with Crippen LogP contribution in [0.4, 0.5) is 0 Å². The molecule has 0 bridgehead atoms. The lowest BCUT2D eigenvalue weighted by atomic mass is 10.0. The number of aromatic amines is 1. The van der Waals surface area contributed by atoms with E-state index in [9.17, 15) is 4.79 Å². The summed E-state index contributed by atoms with van der Waals surface area (Å²) in [6.07, 6.45) is 0.843. The zero-order chi connectivity index (χ0) is 11.0. The van der Waals surface area contributed by atoms with Crippen molar-refractivity contribution in [3.8, 4) is 0 Å². The molecule has 0 fully saturated rings. The number of aryl methyl sites for hydroxylation is 2. The molecule has 0 aliphatic rings. The minimum Gasteiger partial charge on any atom is -0.478 e. The van der Waals surface area contributed by atoms with Crippen molar-refractivity contribution in [3.63, 3.8) is 0 Å². The Morgan fingerprint density at radius 3 is 2.80 bits per heavy atom. The van der Waals surface area contributed by atoms with Crippen LogP contribution in [0.2, 0.25) is 0 Å². The van der Waals surface area contributed by atoms with Crippen LogP contribution in [0.15, 0.2) is 18.2 Å². The molecule has 3 nitrogen and oxygen atoms in total. The van der Waals surface area contributed by atoms with Crippen LogP contribution in [-0.2, 0) is 6.42 Å². The number of H-pyrrole nitrogens is 1. The largest absolute Gasteiger partial charge is 0.478 e. The van der Waals surface area contributed by atoms with Crippen LogP contribution in [-0.4, -0.2) is 16.1 Å². The number of aromatic nitrogens is 1. The summed E-state index contributed by atoms with van der Waals surface area (Å²) in [6, 6.07) is 5.33. The van der Waals surface area contributed by atoms with Crippen LogP contribution in [0.25, 0.3) is 10.9 Å². The van der Waals surface area contributed by atoms with Gasteiger partial charge in [-0.25, -0.2) is 4.79 Å². The van der Waals surface area contributed by atoms with E-state index in [1.807, 2.05) is 19.9 Å². The molecule has 1 aromatic carbocycles. The highest BCUT2D eigenvalue weighted by Gasteiger charge is 2.14. The summed E-state index contributed by atoms with van der Waals surface area (Å²) in [5, 5.41) is 9.95. The summed E-state index contributed by atoms with van der Waals surface area (Å²) < 4.78 is 0. The molecular weight excluding hydrogens is 190 g/mol. The Labute approximate surface area is 87.7 Å². The quantitative estimate of drug-likeness (QED) is 0.788. The molecule has 1 aromatic heterocycles. The molecule has 0 atom stereocenters. The highest BCUT2D eigenvalue weighted by Crippen LogP contribution is 2.26. The van der Waals surface area contributed by atoms with Gasteiger partial charge in [0.1, 0.15) is 0 Å². The smallest absolute Gasteiger partial charge is 0.336 e. The van der Waals surface area contributed by atoms with Gasteiger partial charge in [0, 0.05) is 16.6 Å². The third kappa shape index (κ3) is 1.40. The zero-order valence-corrected chi connectivity index (χ0v) is 8.79. The van der Waals surface area contributed by atoms with E-state index in [-0.39, 0.29) is 0 Å². The van der Waals surface area contributed by atoms with Gasteiger partial charge in [0.15, 0.2) is 0 Å². The molecule has 0 unspecified atom stereocenters. The van der Waals surface area contributed by atoms with E-state index in [0.717, 1.165) is 28.6 Å². The van der Waals surface area contributed by atoms with Crippen molar-refractivity contribution in [1.29, 1.82) is 0 Å². The normalized spacial score (nSPS) is 10.8. The van der Waals surface area contributed by atoms with Gasteiger partial charge in [-0.1, -0.05) is 13.0 Å². The number of nitrogens with one attached hydrogen (secondary N) is 1. The Kier molecular flexibility index (Phi) is 2.23. The lowest BCUT2D eigenvalue weighted by Gasteiger charge is -2.00. The van der Waals surface area contributed by atoms with Crippen LogP contribution in [0.5, 0.6) is 0 Å². The van der Waals surface area contributed by atoms with E-state index in [4.69, 9.17) is 5.11 Å². The van der Waals surface area contributed by atoms with Gasteiger partial charge in [-0.05, 0) is 31.0 Å². The Hall–Kier alpha value is -1.77. The predicted octanol–water partition coefficient (Wildman–Crippen LogP) is 2.74. The summed E-state index contributed by atoms with van der Waals surface area (Å²) >= 11 is 0. The summed E-state index contributed by atoms with van der Waals surface area (Å²) in [4.78, 5) is 14.3. The van der Waals surface area contributed by atoms with Gasteiger partial charge < -0.3 is 10.1 Å². The first-order valence-electron chi connectivity index (χ1n) is 4.98. The molecule has 0 radical (unpaired) electrons. The third-order valence-electron chi connectivity index (χ3n) is 2.73. The molecule has 2 aromatic rings. The fourth-order valence-electron chi connectivity index (χ4n) is 2.07. The fraction of sp³-hybridized carbons (Fsp3) is 0.250. The fourth-order valence-corrected chi connectivity index (χ4v) is 2.07. The number of carboxylic acid groups (broad SMARTS) is 1. The second-order valence-corrected chi connectivity index (χ2v) is 3.62. The molecule has 0 spiro atoms. The maximum absolute atomic E-state index is 11.1. The van der Waals surface area contributed by atoms with Gasteiger partial charge >= 0.3 is 5.97 Å². The summed E-state index contributed by atoms with van der Waals surface area (Å²) in [5.74, 6) is -0.866. The van der Waals surface area contributed by atoms with E-state index in [0.29, 0.717) is 5.56 Å². The zero-order valence-electron chi connectivity index (χ0n) is 8.79. The van der Waals surface area contributed by atoms with E-state index in [1.165, 1.54) is 0 Å². The maximum Gasteiger partial charge on any atom is 0.336 e. The molecule has 15 heavy (non-hydrogen) atoms. The van der Waals surface area contributed by atoms with Crippen LogP contribution in [0.3, 0.4) is 0 Å². The van der Waals surface area contributed by atoms with Crippen molar-refractivity contribution in [2.75, 3.05) is 0 Å². The highest BCUT2D eigenvalue weighted by atomic mass is 16.4. The van der Waals surface area contributed by atoms with Crippen LogP contribution in [0, 0.1) is 6.92 Å². The van der Waals surface area contributed by atoms with Gasteiger partial charge in [-0.3, -0.25) is 0 Å². The standard InChI is InChI=1S/C12H13NO2/c1-3-8-7(2)13-10-6-4-5-9(11(8)10)12(14)15/h4-6,13H,3H2,1-2H3,(H,14,15). The SMILES string of the molecule is CCc1c(C)[nH]c2cccc(C(=O)O)c12. The molecule has 0 saturated heterocycles. The summed E-state index contributed by atoms with van der Waals surface area (Å²) in [7, 11) is 0. The monoisotopic (exact) mass is 203 g/mol. The number of hydrogen-bond donors (Lipinski definition) is 2. The predicted molar refractivity (Wildman–Crippen MR) is 59.4 cm³/mol. The Balaban J connectivity index is 2.87. The van der Waals surface area contributed by atoms with Gasteiger partial charge in [0.25, 0.3) is 0 Å². The molecule has 0 saturated carbocycles. The lowest BCUT2D eigenvalue weighted by Crippen LogP contribution is -1.97. The summed E-state index contributed by atoms with van der Waals surface area (Å²) in [6.45, 7) is 4.01. The number of carbonyl (C=O) groups is 1. The average Bonchev–Trinajstić information content (AvgIpc) is 2.52. The molecule has 0 amide bonds. The first kappa shape index (κ1) is 9.77. The second kappa shape index (κ2) is 3.42. The molecule has 2 N–H and O–H groups in total. The number of carboxylic acids is 1. The van der Waals surface area contributed by atoms with Crippen LogP contribution < -0.4 is 0 Å². The third-order valence-corrected chi connectivity index (χ3v) is 2.73. The lowest BCUT2D eigenvalue weighted by molar-refractivity contribution is 0.0699. The van der Waals surface area contributed by atoms with E-state index < -0.39 is 5.97 Å². The van der Waals surface area contributed by atoms with Crippen LogP contribution >= 0.6 is 0 Å². The number of aromatic carboxylic acids is 1. The second-order valence-electron chi connectivity index (χ2n) is 3.62. The van der Waals surface area contributed by atoms with Crippen molar-refractivity contribution in [2.45, 2.75) is 20.3 Å². The van der Waals surface area contributed by atoms with Gasteiger partial charge in [0.2, 0.25) is 0 Å². The maximum atomic E-state index is 11.1. The molecule has 0 aliphatic carbocycles. The molecule has 0 aliphatic heterocycles. The number of hydrogen-bond acceptors (Lipinski definition) is 1. The van der Waals surface area contributed by atoms with Gasteiger partial charge in [-0.15, -0.1) is 0 Å². The van der Waals surface area contributed by atoms with Crippen molar-refractivity contribution in [3.05, 3.63) is 35.0 Å². The summed E-state index contributed by atoms with van der Waals surface area (Å²) in [5.41, 5.74) is 3.45. The van der Waals surface area contributed by atoms with Crippen molar-refractivity contribution in [2.24, 2.45) is 0 Å². The number of benzene rings is 1. The minimum absolute atomic E-state index is 0.383. The Morgan fingerprint density at radius 2 is 2.20 bits per heavy atom. The van der Waals surface area contributed by atoms with E-state index in [2.05, 4.69) is 4.98 Å². The van der Waals surface area contributed by atoms with Gasteiger partial charge in [-0.2, -0.15) is 0 Å². The number of rotatable bonds is 2. The van der Waals surface area contributed by atoms with Gasteiger partial charge in [0.05, 0.1) is 5.56 Å². The van der Waals surface area contributed by atoms with Crippen molar-refractivity contribution >= 4 is 16.9 Å². The van der Waals surface area contributed by atoms with Crippen molar-refractivity contribution < 1.29 is 9.90 Å². The first-order chi connectivity index (χ1) is 7.15.